The number of halogens is 3. The fraction of sp³-hybridized carbons (Fsp3) is 0.333. The highest BCUT2D eigenvalue weighted by molar-refractivity contribution is 6.31. The number of carbonyl (C=O) groups excluding carboxylic acids is 2. The van der Waals surface area contributed by atoms with Gasteiger partial charge in [-0.1, -0.05) is 29.3 Å². The Morgan fingerprint density at radius 3 is 2.34 bits per heavy atom. The number of rotatable bonds is 6. The van der Waals surface area contributed by atoms with E-state index in [1.165, 1.54) is 12.1 Å². The largest absolute Gasteiger partial charge is 0.352 e. The highest BCUT2D eigenvalue weighted by Gasteiger charge is 2.21. The lowest BCUT2D eigenvalue weighted by molar-refractivity contribution is -0.132. The zero-order valence-electron chi connectivity index (χ0n) is 15.8. The molecule has 0 radical (unpaired) electrons. The molecule has 1 saturated heterocycles. The summed E-state index contributed by atoms with van der Waals surface area (Å²) in [6.45, 7) is 3.57. The van der Waals surface area contributed by atoms with Crippen LogP contribution in [0.5, 0.6) is 0 Å². The van der Waals surface area contributed by atoms with E-state index in [1.807, 2.05) is 0 Å². The number of nitrogens with one attached hydrogen (secondary N) is 1. The molecular weight excluding hydrogens is 416 g/mol. The normalized spacial score (nSPS) is 14.7. The maximum absolute atomic E-state index is 13.2. The van der Waals surface area contributed by atoms with Crippen molar-refractivity contribution in [2.75, 3.05) is 32.7 Å². The van der Waals surface area contributed by atoms with Crippen LogP contribution < -0.4 is 5.32 Å². The summed E-state index contributed by atoms with van der Waals surface area (Å²) in [6, 6.07) is 11.0. The SMILES string of the molecule is O=C(NCCC(=O)N1CCN(Cc2ccc(F)cc2Cl)CC1)c1ccc(Cl)cc1. The molecule has 2 aromatic rings. The molecule has 1 aliphatic rings. The summed E-state index contributed by atoms with van der Waals surface area (Å²) in [5.74, 6) is -0.561. The first kappa shape index (κ1) is 21.6. The van der Waals surface area contributed by atoms with Crippen molar-refractivity contribution in [2.45, 2.75) is 13.0 Å². The summed E-state index contributed by atoms with van der Waals surface area (Å²) in [7, 11) is 0. The van der Waals surface area contributed by atoms with Crippen LogP contribution in [0, 0.1) is 5.82 Å². The molecule has 5 nitrogen and oxygen atoms in total. The Labute approximate surface area is 179 Å². The number of carbonyl (C=O) groups is 2. The van der Waals surface area contributed by atoms with E-state index in [-0.39, 0.29) is 30.6 Å². The van der Waals surface area contributed by atoms with Gasteiger partial charge in [-0.25, -0.2) is 4.39 Å². The maximum atomic E-state index is 13.2. The first-order valence-electron chi connectivity index (χ1n) is 9.40. The Hall–Kier alpha value is -2.15. The monoisotopic (exact) mass is 437 g/mol. The Bertz CT molecular complexity index is 869. The first-order chi connectivity index (χ1) is 13.9. The van der Waals surface area contributed by atoms with Crippen LogP contribution in [0.15, 0.2) is 42.5 Å². The summed E-state index contributed by atoms with van der Waals surface area (Å²) in [5.41, 5.74) is 1.38. The molecule has 29 heavy (non-hydrogen) atoms. The number of piperazine rings is 1. The summed E-state index contributed by atoms with van der Waals surface area (Å²) in [6.07, 6.45) is 0.253. The van der Waals surface area contributed by atoms with E-state index < -0.39 is 0 Å². The minimum absolute atomic E-state index is 0.0147. The molecule has 8 heteroatoms. The fourth-order valence-electron chi connectivity index (χ4n) is 3.19. The molecule has 2 amide bonds. The quantitative estimate of drug-likeness (QED) is 0.750. The third-order valence-electron chi connectivity index (χ3n) is 4.86. The Balaban J connectivity index is 1.39. The molecule has 0 atom stereocenters. The van der Waals surface area contributed by atoms with Crippen molar-refractivity contribution in [3.05, 3.63) is 69.5 Å². The third kappa shape index (κ3) is 6.16. The van der Waals surface area contributed by atoms with Gasteiger partial charge < -0.3 is 10.2 Å². The van der Waals surface area contributed by atoms with Crippen molar-refractivity contribution in [3.63, 3.8) is 0 Å². The number of hydrogen-bond acceptors (Lipinski definition) is 3. The minimum atomic E-state index is -0.350. The summed E-state index contributed by atoms with van der Waals surface area (Å²) in [5, 5.41) is 3.74. The van der Waals surface area contributed by atoms with E-state index in [9.17, 15) is 14.0 Å². The molecule has 3 rings (SSSR count). The minimum Gasteiger partial charge on any atom is -0.352 e. The summed E-state index contributed by atoms with van der Waals surface area (Å²) < 4.78 is 13.2. The van der Waals surface area contributed by atoms with Crippen LogP contribution in [-0.2, 0) is 11.3 Å². The predicted molar refractivity (Wildman–Crippen MR) is 112 cm³/mol. The molecule has 0 bridgehead atoms. The van der Waals surface area contributed by atoms with Gasteiger partial charge in [-0.2, -0.15) is 0 Å². The Morgan fingerprint density at radius 2 is 1.69 bits per heavy atom. The second-order valence-corrected chi connectivity index (χ2v) is 7.75. The lowest BCUT2D eigenvalue weighted by atomic mass is 10.2. The highest BCUT2D eigenvalue weighted by atomic mass is 35.5. The topological polar surface area (TPSA) is 52.7 Å². The van der Waals surface area contributed by atoms with Gasteiger partial charge in [0.2, 0.25) is 5.91 Å². The lowest BCUT2D eigenvalue weighted by Crippen LogP contribution is -2.48. The van der Waals surface area contributed by atoms with E-state index in [0.717, 1.165) is 18.7 Å². The van der Waals surface area contributed by atoms with Crippen LogP contribution in [0.3, 0.4) is 0 Å². The number of amides is 2. The molecule has 1 fully saturated rings. The van der Waals surface area contributed by atoms with E-state index in [2.05, 4.69) is 10.2 Å². The molecule has 0 saturated carbocycles. The molecule has 0 unspecified atom stereocenters. The average Bonchev–Trinajstić information content (AvgIpc) is 2.71. The third-order valence-corrected chi connectivity index (χ3v) is 5.47. The Kier molecular flexibility index (Phi) is 7.47. The fourth-order valence-corrected chi connectivity index (χ4v) is 3.54. The molecule has 1 N–H and O–H groups in total. The zero-order chi connectivity index (χ0) is 20.8. The van der Waals surface area contributed by atoms with Crippen LogP contribution in [0.2, 0.25) is 10.0 Å². The van der Waals surface area contributed by atoms with Gasteiger partial charge in [-0.15, -0.1) is 0 Å². The van der Waals surface area contributed by atoms with Crippen LogP contribution in [0.25, 0.3) is 0 Å². The molecule has 0 aromatic heterocycles. The van der Waals surface area contributed by atoms with Crippen LogP contribution in [0.4, 0.5) is 4.39 Å². The smallest absolute Gasteiger partial charge is 0.251 e. The van der Waals surface area contributed by atoms with Gasteiger partial charge in [-0.05, 0) is 42.0 Å². The van der Waals surface area contributed by atoms with Crippen LogP contribution in [-0.4, -0.2) is 54.3 Å². The second kappa shape index (κ2) is 10.1. The second-order valence-electron chi connectivity index (χ2n) is 6.91. The van der Waals surface area contributed by atoms with E-state index >= 15 is 0 Å². The lowest BCUT2D eigenvalue weighted by Gasteiger charge is -2.35. The molecule has 2 aromatic carbocycles. The van der Waals surface area contributed by atoms with Gasteiger partial charge in [0, 0.05) is 61.3 Å². The zero-order valence-corrected chi connectivity index (χ0v) is 17.3. The van der Waals surface area contributed by atoms with Crippen molar-refractivity contribution < 1.29 is 14.0 Å². The molecule has 1 heterocycles. The van der Waals surface area contributed by atoms with Crippen LogP contribution >= 0.6 is 23.2 Å². The van der Waals surface area contributed by atoms with Gasteiger partial charge >= 0.3 is 0 Å². The predicted octanol–water partition coefficient (Wildman–Crippen LogP) is 3.60. The average molecular weight is 438 g/mol. The van der Waals surface area contributed by atoms with Crippen LogP contribution in [0.1, 0.15) is 22.3 Å². The first-order valence-corrected chi connectivity index (χ1v) is 10.2. The van der Waals surface area contributed by atoms with E-state index in [0.29, 0.717) is 35.2 Å². The van der Waals surface area contributed by atoms with E-state index in [4.69, 9.17) is 23.2 Å². The molecular formula is C21H22Cl2FN3O2. The number of nitrogens with zero attached hydrogens (tertiary/aromatic N) is 2. The van der Waals surface area contributed by atoms with Gasteiger partial charge in [0.05, 0.1) is 0 Å². The van der Waals surface area contributed by atoms with Crippen molar-refractivity contribution in [3.8, 4) is 0 Å². The summed E-state index contributed by atoms with van der Waals surface area (Å²) >= 11 is 11.9. The van der Waals surface area contributed by atoms with E-state index in [1.54, 1.807) is 35.2 Å². The molecule has 0 aliphatic carbocycles. The van der Waals surface area contributed by atoms with Crippen molar-refractivity contribution in [1.29, 1.82) is 0 Å². The standard InChI is InChI=1S/C21H22Cl2FN3O2/c22-17-4-1-15(2-5-17)21(29)25-8-7-20(28)27-11-9-26(10-12-27)14-16-3-6-18(24)13-19(16)23/h1-6,13H,7-12,14H2,(H,25,29). The highest BCUT2D eigenvalue weighted by Crippen LogP contribution is 2.20. The molecule has 0 spiro atoms. The van der Waals surface area contributed by atoms with Crippen molar-refractivity contribution >= 4 is 35.0 Å². The number of hydrogen-bond donors (Lipinski definition) is 1. The van der Waals surface area contributed by atoms with Gasteiger partial charge in [-0.3, -0.25) is 14.5 Å². The van der Waals surface area contributed by atoms with Gasteiger partial charge in [0.15, 0.2) is 0 Å². The Morgan fingerprint density at radius 1 is 1.00 bits per heavy atom. The van der Waals surface area contributed by atoms with Gasteiger partial charge in [0.1, 0.15) is 5.82 Å². The maximum Gasteiger partial charge on any atom is 0.251 e. The molecule has 1 aliphatic heterocycles. The van der Waals surface area contributed by atoms with Crippen molar-refractivity contribution in [1.82, 2.24) is 15.1 Å². The number of benzene rings is 2. The molecule has 154 valence electrons. The van der Waals surface area contributed by atoms with Gasteiger partial charge in [0.25, 0.3) is 5.91 Å². The van der Waals surface area contributed by atoms with Crippen molar-refractivity contribution in [2.24, 2.45) is 0 Å². The summed E-state index contributed by atoms with van der Waals surface area (Å²) in [4.78, 5) is 28.4.